The fourth-order valence-corrected chi connectivity index (χ4v) is 2.48. The Hall–Kier alpha value is -0.780. The van der Waals surface area contributed by atoms with E-state index in [2.05, 4.69) is 45.6 Å². The van der Waals surface area contributed by atoms with Gasteiger partial charge >= 0.3 is 0 Å². The molecule has 0 aromatic carbocycles. The predicted octanol–water partition coefficient (Wildman–Crippen LogP) is 5.67. The first-order chi connectivity index (χ1) is 8.03. The maximum absolute atomic E-state index is 3.98. The molecule has 0 radical (unpaired) electrons. The average Bonchev–Trinajstić information content (AvgIpc) is 3.19. The van der Waals surface area contributed by atoms with Crippen molar-refractivity contribution in [2.24, 2.45) is 10.8 Å². The van der Waals surface area contributed by atoms with Crippen molar-refractivity contribution in [2.75, 3.05) is 0 Å². The molecular formula is C17H28. The van der Waals surface area contributed by atoms with E-state index in [-0.39, 0.29) is 0 Å². The Balaban J connectivity index is 0.000000686. The Morgan fingerprint density at radius 2 is 1.88 bits per heavy atom. The molecule has 0 aromatic rings. The van der Waals surface area contributed by atoms with Crippen LogP contribution in [0.4, 0.5) is 0 Å². The van der Waals surface area contributed by atoms with E-state index in [4.69, 9.17) is 0 Å². The van der Waals surface area contributed by atoms with Crippen molar-refractivity contribution in [1.82, 2.24) is 0 Å². The minimum Gasteiger partial charge on any atom is -0.0988 e. The van der Waals surface area contributed by atoms with E-state index in [0.717, 1.165) is 0 Å². The molecule has 0 saturated heterocycles. The van der Waals surface area contributed by atoms with E-state index in [1.807, 2.05) is 13.8 Å². The Bertz CT molecular complexity index is 339. The van der Waals surface area contributed by atoms with Crippen molar-refractivity contribution in [3.63, 3.8) is 0 Å². The van der Waals surface area contributed by atoms with E-state index in [1.54, 1.807) is 5.57 Å². The lowest BCUT2D eigenvalue weighted by Crippen LogP contribution is -1.96. The molecule has 0 amide bonds. The van der Waals surface area contributed by atoms with Crippen LogP contribution in [0, 0.1) is 10.8 Å². The predicted molar refractivity (Wildman–Crippen MR) is 78.1 cm³/mol. The highest BCUT2D eigenvalue weighted by atomic mass is 14.5. The van der Waals surface area contributed by atoms with Crippen LogP contribution < -0.4 is 0 Å². The highest BCUT2D eigenvalue weighted by molar-refractivity contribution is 5.45. The fourth-order valence-electron chi connectivity index (χ4n) is 2.48. The van der Waals surface area contributed by atoms with Gasteiger partial charge in [-0.1, -0.05) is 58.1 Å². The molecule has 0 heteroatoms. The summed E-state index contributed by atoms with van der Waals surface area (Å²) >= 11 is 0. The first-order valence-electron chi connectivity index (χ1n) is 7.02. The summed E-state index contributed by atoms with van der Waals surface area (Å²) < 4.78 is 0. The number of hydrogen-bond donors (Lipinski definition) is 0. The molecule has 2 aliphatic rings. The molecule has 2 fully saturated rings. The SMILES string of the molecule is C=C/C(CC1(C)CC1)=C1\CC1(C)/C=C\C.CC. The molecular weight excluding hydrogens is 204 g/mol. The van der Waals surface area contributed by atoms with Gasteiger partial charge in [0.2, 0.25) is 0 Å². The fraction of sp³-hybridized carbons (Fsp3) is 0.647. The molecule has 2 saturated carbocycles. The second-order valence-electron chi connectivity index (χ2n) is 5.79. The second kappa shape index (κ2) is 5.25. The lowest BCUT2D eigenvalue weighted by Gasteiger charge is -2.09. The minimum absolute atomic E-state index is 0.365. The molecule has 0 nitrogen and oxygen atoms in total. The first kappa shape index (κ1) is 14.3. The highest BCUT2D eigenvalue weighted by Crippen LogP contribution is 2.58. The Kier molecular flexibility index (Phi) is 4.41. The van der Waals surface area contributed by atoms with Crippen LogP contribution >= 0.6 is 0 Å². The van der Waals surface area contributed by atoms with Gasteiger partial charge in [-0.05, 0) is 43.6 Å². The molecule has 17 heavy (non-hydrogen) atoms. The maximum atomic E-state index is 3.98. The summed E-state index contributed by atoms with van der Waals surface area (Å²) in [6, 6.07) is 0. The van der Waals surface area contributed by atoms with Gasteiger partial charge in [0, 0.05) is 5.41 Å². The molecule has 0 bridgehead atoms. The minimum atomic E-state index is 0.365. The van der Waals surface area contributed by atoms with Gasteiger partial charge in [-0.2, -0.15) is 0 Å². The molecule has 0 N–H and O–H groups in total. The number of rotatable bonds is 4. The third kappa shape index (κ3) is 3.34. The van der Waals surface area contributed by atoms with Gasteiger partial charge in [0.15, 0.2) is 0 Å². The molecule has 1 unspecified atom stereocenters. The highest BCUT2D eigenvalue weighted by Gasteiger charge is 2.45. The van der Waals surface area contributed by atoms with Crippen LogP contribution in [0.2, 0.25) is 0 Å². The molecule has 2 aliphatic carbocycles. The zero-order valence-corrected chi connectivity index (χ0v) is 12.3. The van der Waals surface area contributed by atoms with Crippen LogP contribution in [0.3, 0.4) is 0 Å². The molecule has 0 aromatic heterocycles. The Morgan fingerprint density at radius 1 is 1.29 bits per heavy atom. The summed E-state index contributed by atoms with van der Waals surface area (Å²) in [5, 5.41) is 0. The van der Waals surface area contributed by atoms with Crippen molar-refractivity contribution in [1.29, 1.82) is 0 Å². The van der Waals surface area contributed by atoms with Crippen LogP contribution in [0.1, 0.15) is 60.3 Å². The third-order valence-electron chi connectivity index (χ3n) is 4.00. The third-order valence-corrected chi connectivity index (χ3v) is 4.00. The van der Waals surface area contributed by atoms with E-state index < -0.39 is 0 Å². The summed E-state index contributed by atoms with van der Waals surface area (Å²) in [4.78, 5) is 0. The first-order valence-corrected chi connectivity index (χ1v) is 7.02. The van der Waals surface area contributed by atoms with Gasteiger partial charge in [-0.15, -0.1) is 0 Å². The van der Waals surface area contributed by atoms with Crippen LogP contribution in [0.25, 0.3) is 0 Å². The second-order valence-corrected chi connectivity index (χ2v) is 5.79. The van der Waals surface area contributed by atoms with Gasteiger partial charge < -0.3 is 0 Å². The maximum Gasteiger partial charge on any atom is 0.0106 e. The molecule has 0 heterocycles. The van der Waals surface area contributed by atoms with Gasteiger partial charge in [-0.3, -0.25) is 0 Å². The lowest BCUT2D eigenvalue weighted by molar-refractivity contribution is 0.570. The normalized spacial score (nSPS) is 31.6. The summed E-state index contributed by atoms with van der Waals surface area (Å²) in [5.74, 6) is 0. The summed E-state index contributed by atoms with van der Waals surface area (Å²) in [6.45, 7) is 14.8. The van der Waals surface area contributed by atoms with Gasteiger partial charge in [-0.25, -0.2) is 0 Å². The van der Waals surface area contributed by atoms with Gasteiger partial charge in [0.25, 0.3) is 0 Å². The Labute approximate surface area is 108 Å². The van der Waals surface area contributed by atoms with E-state index in [9.17, 15) is 0 Å². The lowest BCUT2D eigenvalue weighted by atomic mass is 9.95. The molecule has 1 atom stereocenters. The molecule has 2 rings (SSSR count). The largest absolute Gasteiger partial charge is 0.0988 e. The zero-order valence-electron chi connectivity index (χ0n) is 12.3. The van der Waals surface area contributed by atoms with Crippen LogP contribution in [0.5, 0.6) is 0 Å². The summed E-state index contributed by atoms with van der Waals surface area (Å²) in [5.41, 5.74) is 4.12. The van der Waals surface area contributed by atoms with E-state index in [0.29, 0.717) is 10.8 Å². The summed E-state index contributed by atoms with van der Waals surface area (Å²) in [7, 11) is 0. The van der Waals surface area contributed by atoms with Crippen molar-refractivity contribution < 1.29 is 0 Å². The monoisotopic (exact) mass is 232 g/mol. The quantitative estimate of drug-likeness (QED) is 0.548. The van der Waals surface area contributed by atoms with Gasteiger partial charge in [0.05, 0.1) is 0 Å². The molecule has 0 aliphatic heterocycles. The summed E-state index contributed by atoms with van der Waals surface area (Å²) in [6.07, 6.45) is 11.9. The molecule has 96 valence electrons. The van der Waals surface area contributed by atoms with Crippen LogP contribution in [-0.2, 0) is 0 Å². The van der Waals surface area contributed by atoms with Crippen molar-refractivity contribution in [3.05, 3.63) is 36.0 Å². The number of allylic oxidation sites excluding steroid dienone is 5. The zero-order chi connectivity index (χ0) is 13.1. The van der Waals surface area contributed by atoms with Crippen molar-refractivity contribution in [3.8, 4) is 0 Å². The average molecular weight is 232 g/mol. The van der Waals surface area contributed by atoms with Crippen LogP contribution in [-0.4, -0.2) is 0 Å². The number of hydrogen-bond acceptors (Lipinski definition) is 0. The molecule has 0 spiro atoms. The standard InChI is InChI=1S/C15H22.C2H6/c1-5-7-15(4)11-13(15)12(6-2)10-14(3)8-9-14;1-2/h5-7H,2,8-11H2,1,3-4H3;1-2H3/b7-5-,13-12-;. The smallest absolute Gasteiger partial charge is 0.0106 e. The van der Waals surface area contributed by atoms with Gasteiger partial charge in [0.1, 0.15) is 0 Å². The van der Waals surface area contributed by atoms with Crippen molar-refractivity contribution >= 4 is 0 Å². The Morgan fingerprint density at radius 3 is 2.29 bits per heavy atom. The van der Waals surface area contributed by atoms with E-state index in [1.165, 1.54) is 31.3 Å². The van der Waals surface area contributed by atoms with Crippen LogP contribution in [0.15, 0.2) is 36.0 Å². The van der Waals surface area contributed by atoms with E-state index >= 15 is 0 Å². The topological polar surface area (TPSA) is 0 Å². The van der Waals surface area contributed by atoms with Crippen molar-refractivity contribution in [2.45, 2.75) is 60.3 Å².